The molecular formula is C21H27N7O3S. The second-order valence-corrected chi connectivity index (χ2v) is 7.79. The van der Waals surface area contributed by atoms with Crippen molar-refractivity contribution in [2.45, 2.75) is 13.8 Å². The molecule has 1 amide bonds. The van der Waals surface area contributed by atoms with Crippen LogP contribution in [0.15, 0.2) is 30.5 Å². The van der Waals surface area contributed by atoms with Gasteiger partial charge < -0.3 is 25.0 Å². The zero-order valence-electron chi connectivity index (χ0n) is 18.6. The number of nitrogens with zero attached hydrogens (tertiary/aromatic N) is 6. The number of thiazole rings is 1. The molecular weight excluding hydrogens is 430 g/mol. The first-order chi connectivity index (χ1) is 15.5. The van der Waals surface area contributed by atoms with Crippen LogP contribution in [0.1, 0.15) is 24.2 Å². The van der Waals surface area contributed by atoms with Gasteiger partial charge in [0.25, 0.3) is 5.91 Å². The molecule has 0 saturated carbocycles. The standard InChI is InChI=1S/C19H21N7O3S.C2H6/c1-25(2)16(27)12-3-5-13(6-4-12)29-19-23-15(14-11-21-17(20)30-14)22-18(24-19)26-7-9-28-10-8-26;1-2/h3-6,11H,7-10H2,1-2H3,(H2,20,21);1-2H3. The number of morpholine rings is 1. The molecule has 32 heavy (non-hydrogen) atoms. The minimum atomic E-state index is -0.0821. The van der Waals surface area contributed by atoms with Crippen LogP contribution in [0.25, 0.3) is 10.7 Å². The van der Waals surface area contributed by atoms with Crippen LogP contribution in [0.3, 0.4) is 0 Å². The number of aromatic nitrogens is 4. The molecule has 3 aromatic rings. The average molecular weight is 458 g/mol. The summed E-state index contributed by atoms with van der Waals surface area (Å²) in [6.45, 7) is 6.56. The number of carbonyl (C=O) groups excluding carboxylic acids is 1. The zero-order valence-corrected chi connectivity index (χ0v) is 19.4. The number of hydrogen-bond donors (Lipinski definition) is 1. The van der Waals surface area contributed by atoms with Crippen molar-refractivity contribution in [2.75, 3.05) is 51.0 Å². The molecule has 1 aromatic carbocycles. The Morgan fingerprint density at radius 1 is 1.12 bits per heavy atom. The number of nitrogen functional groups attached to an aromatic ring is 1. The number of anilines is 2. The van der Waals surface area contributed by atoms with Crippen molar-refractivity contribution in [2.24, 2.45) is 0 Å². The third kappa shape index (κ3) is 5.68. The summed E-state index contributed by atoms with van der Waals surface area (Å²) < 4.78 is 11.3. The molecule has 0 spiro atoms. The molecule has 0 atom stereocenters. The van der Waals surface area contributed by atoms with Gasteiger partial charge in [0.15, 0.2) is 11.0 Å². The quantitative estimate of drug-likeness (QED) is 0.616. The number of hydrogen-bond acceptors (Lipinski definition) is 10. The zero-order chi connectivity index (χ0) is 23.1. The van der Waals surface area contributed by atoms with Gasteiger partial charge in [0.1, 0.15) is 5.75 Å². The van der Waals surface area contributed by atoms with Gasteiger partial charge in [-0.1, -0.05) is 25.2 Å². The molecule has 0 radical (unpaired) electrons. The lowest BCUT2D eigenvalue weighted by Crippen LogP contribution is -2.37. The molecule has 4 rings (SSSR count). The van der Waals surface area contributed by atoms with E-state index in [0.717, 1.165) is 4.88 Å². The largest absolute Gasteiger partial charge is 0.424 e. The Hall–Kier alpha value is -3.31. The predicted octanol–water partition coefficient (Wildman–Crippen LogP) is 2.93. The highest BCUT2D eigenvalue weighted by atomic mass is 32.1. The molecule has 2 aromatic heterocycles. The second-order valence-electron chi connectivity index (χ2n) is 6.73. The maximum Gasteiger partial charge on any atom is 0.327 e. The summed E-state index contributed by atoms with van der Waals surface area (Å²) in [6.07, 6.45) is 1.63. The Bertz CT molecular complexity index is 1030. The highest BCUT2D eigenvalue weighted by molar-refractivity contribution is 7.18. The van der Waals surface area contributed by atoms with Crippen LogP contribution in [-0.2, 0) is 4.74 Å². The van der Waals surface area contributed by atoms with Gasteiger partial charge in [-0.3, -0.25) is 4.79 Å². The lowest BCUT2D eigenvalue weighted by Gasteiger charge is -2.26. The van der Waals surface area contributed by atoms with Crippen molar-refractivity contribution >= 4 is 28.3 Å². The summed E-state index contributed by atoms with van der Waals surface area (Å²) in [4.78, 5) is 33.9. The normalized spacial score (nSPS) is 13.2. The highest BCUT2D eigenvalue weighted by Crippen LogP contribution is 2.28. The molecule has 1 fully saturated rings. The van der Waals surface area contributed by atoms with Crippen LogP contribution < -0.4 is 15.4 Å². The molecule has 0 bridgehead atoms. The van der Waals surface area contributed by atoms with E-state index in [0.29, 0.717) is 54.5 Å². The molecule has 0 unspecified atom stereocenters. The highest BCUT2D eigenvalue weighted by Gasteiger charge is 2.19. The second kappa shape index (κ2) is 10.8. The molecule has 1 saturated heterocycles. The third-order valence-corrected chi connectivity index (χ3v) is 5.18. The van der Waals surface area contributed by atoms with Gasteiger partial charge in [-0.25, -0.2) is 4.98 Å². The van der Waals surface area contributed by atoms with Gasteiger partial charge in [0.05, 0.1) is 24.3 Å². The number of carbonyl (C=O) groups is 1. The summed E-state index contributed by atoms with van der Waals surface area (Å²) in [5.41, 5.74) is 6.33. The number of benzene rings is 1. The van der Waals surface area contributed by atoms with E-state index in [-0.39, 0.29) is 11.9 Å². The van der Waals surface area contributed by atoms with Crippen LogP contribution in [0.5, 0.6) is 11.8 Å². The van der Waals surface area contributed by atoms with Crippen molar-refractivity contribution in [1.82, 2.24) is 24.8 Å². The molecule has 1 aliphatic heterocycles. The average Bonchev–Trinajstić information content (AvgIpc) is 3.27. The van der Waals surface area contributed by atoms with E-state index in [9.17, 15) is 4.79 Å². The summed E-state index contributed by atoms with van der Waals surface area (Å²) in [6, 6.07) is 6.97. The SMILES string of the molecule is CC.CN(C)C(=O)c1ccc(Oc2nc(-c3cnc(N)s3)nc(N3CCOCC3)n2)cc1. The van der Waals surface area contributed by atoms with E-state index in [1.807, 2.05) is 18.7 Å². The number of nitrogens with two attached hydrogens (primary N) is 1. The first kappa shape index (κ1) is 23.4. The van der Waals surface area contributed by atoms with Gasteiger partial charge in [0.2, 0.25) is 5.95 Å². The van der Waals surface area contributed by atoms with Crippen molar-refractivity contribution in [1.29, 1.82) is 0 Å². The van der Waals surface area contributed by atoms with Crippen molar-refractivity contribution in [3.8, 4) is 22.5 Å². The summed E-state index contributed by atoms with van der Waals surface area (Å²) >= 11 is 1.29. The minimum absolute atomic E-state index is 0.0821. The predicted molar refractivity (Wildman–Crippen MR) is 124 cm³/mol. The van der Waals surface area contributed by atoms with E-state index >= 15 is 0 Å². The minimum Gasteiger partial charge on any atom is -0.424 e. The first-order valence-corrected chi connectivity index (χ1v) is 11.1. The Morgan fingerprint density at radius 3 is 2.41 bits per heavy atom. The molecule has 10 nitrogen and oxygen atoms in total. The monoisotopic (exact) mass is 457 g/mol. The van der Waals surface area contributed by atoms with E-state index in [4.69, 9.17) is 15.2 Å². The lowest BCUT2D eigenvalue weighted by molar-refractivity contribution is 0.0827. The van der Waals surface area contributed by atoms with Gasteiger partial charge in [-0.2, -0.15) is 15.0 Å². The summed E-state index contributed by atoms with van der Waals surface area (Å²) in [5, 5.41) is 0.432. The van der Waals surface area contributed by atoms with Crippen LogP contribution in [0.2, 0.25) is 0 Å². The van der Waals surface area contributed by atoms with E-state index in [1.54, 1.807) is 44.6 Å². The van der Waals surface area contributed by atoms with Crippen LogP contribution >= 0.6 is 11.3 Å². The Morgan fingerprint density at radius 2 is 1.81 bits per heavy atom. The van der Waals surface area contributed by atoms with Crippen LogP contribution in [0.4, 0.5) is 11.1 Å². The smallest absolute Gasteiger partial charge is 0.327 e. The Labute approximate surface area is 191 Å². The van der Waals surface area contributed by atoms with Gasteiger partial charge in [-0.05, 0) is 24.3 Å². The van der Waals surface area contributed by atoms with Gasteiger partial charge >= 0.3 is 6.01 Å². The van der Waals surface area contributed by atoms with Crippen molar-refractivity contribution in [3.05, 3.63) is 36.0 Å². The maximum atomic E-state index is 12.1. The fourth-order valence-electron chi connectivity index (χ4n) is 2.83. The lowest BCUT2D eigenvalue weighted by atomic mass is 10.2. The van der Waals surface area contributed by atoms with E-state index < -0.39 is 0 Å². The topological polar surface area (TPSA) is 120 Å². The molecule has 0 aliphatic carbocycles. The first-order valence-electron chi connectivity index (χ1n) is 10.3. The Balaban J connectivity index is 0.00000141. The third-order valence-electron chi connectivity index (χ3n) is 4.36. The molecule has 1 aliphatic rings. The fourth-order valence-corrected chi connectivity index (χ4v) is 3.45. The van der Waals surface area contributed by atoms with Crippen molar-refractivity contribution in [3.63, 3.8) is 0 Å². The number of rotatable bonds is 5. The molecule has 11 heteroatoms. The van der Waals surface area contributed by atoms with Crippen molar-refractivity contribution < 1.29 is 14.3 Å². The van der Waals surface area contributed by atoms with Crippen LogP contribution in [-0.4, -0.2) is 71.1 Å². The molecule has 2 N–H and O–H groups in total. The van der Waals surface area contributed by atoms with Gasteiger partial charge in [0, 0.05) is 32.7 Å². The maximum absolute atomic E-state index is 12.1. The molecule has 3 heterocycles. The summed E-state index contributed by atoms with van der Waals surface area (Å²) in [5.74, 6) is 1.38. The Kier molecular flexibility index (Phi) is 7.90. The van der Waals surface area contributed by atoms with E-state index in [2.05, 4.69) is 19.9 Å². The molecule has 170 valence electrons. The number of ether oxygens (including phenoxy) is 2. The number of amides is 1. The summed E-state index contributed by atoms with van der Waals surface area (Å²) in [7, 11) is 3.41. The van der Waals surface area contributed by atoms with Crippen LogP contribution in [0, 0.1) is 0 Å². The van der Waals surface area contributed by atoms with Gasteiger partial charge in [-0.15, -0.1) is 0 Å². The fraction of sp³-hybridized carbons (Fsp3) is 0.381. The van der Waals surface area contributed by atoms with E-state index in [1.165, 1.54) is 16.2 Å².